The number of nitrogens with one attached hydrogen (secondary N) is 1. The van der Waals surface area contributed by atoms with E-state index < -0.39 is 10.5 Å². The van der Waals surface area contributed by atoms with Crippen molar-refractivity contribution in [2.75, 3.05) is 6.61 Å². The number of nitro benzene ring substituents is 1. The fourth-order valence-electron chi connectivity index (χ4n) is 2.19. The second-order valence-electron chi connectivity index (χ2n) is 4.93. The quantitative estimate of drug-likeness (QED) is 0.486. The van der Waals surface area contributed by atoms with Crippen LogP contribution in [0.3, 0.4) is 0 Å². The first-order valence-corrected chi connectivity index (χ1v) is 6.41. The monoisotopic (exact) mass is 276 g/mol. The number of carbonyl (C=O) groups excluding carboxylic acids is 1. The van der Waals surface area contributed by atoms with E-state index in [0.29, 0.717) is 5.56 Å². The first kappa shape index (κ1) is 14.2. The van der Waals surface area contributed by atoms with Crippen molar-refractivity contribution in [2.24, 2.45) is 0 Å². The Bertz CT molecular complexity index is 544. The molecule has 0 bridgehead atoms. The highest BCUT2D eigenvalue weighted by molar-refractivity contribution is 5.92. The molecule has 0 aromatic heterocycles. The predicted octanol–water partition coefficient (Wildman–Crippen LogP) is 1.64. The van der Waals surface area contributed by atoms with Crippen LogP contribution in [0.2, 0.25) is 0 Å². The molecule has 2 N–H and O–H groups in total. The lowest BCUT2D eigenvalue weighted by Crippen LogP contribution is -2.55. The lowest BCUT2D eigenvalue weighted by molar-refractivity contribution is -0.385. The van der Waals surface area contributed by atoms with E-state index in [-0.39, 0.29) is 18.2 Å². The number of benzene rings is 1. The van der Waals surface area contributed by atoms with E-state index in [9.17, 15) is 20.0 Å². The highest BCUT2D eigenvalue weighted by atomic mass is 16.6. The van der Waals surface area contributed by atoms with Gasteiger partial charge in [0.05, 0.1) is 22.6 Å². The number of carbonyl (C=O) groups is 1. The Kier molecular flexibility index (Phi) is 4.14. The Hall–Kier alpha value is -2.21. The van der Waals surface area contributed by atoms with Gasteiger partial charge in [0.15, 0.2) is 0 Å². The van der Waals surface area contributed by atoms with Gasteiger partial charge < -0.3 is 10.4 Å². The summed E-state index contributed by atoms with van der Waals surface area (Å²) in [6, 6.07) is 6.21. The highest BCUT2D eigenvalue weighted by Gasteiger charge is 2.37. The van der Waals surface area contributed by atoms with Crippen molar-refractivity contribution >= 4 is 17.7 Å². The lowest BCUT2D eigenvalue weighted by atomic mass is 9.77. The van der Waals surface area contributed by atoms with Crippen LogP contribution in [-0.2, 0) is 4.79 Å². The van der Waals surface area contributed by atoms with Gasteiger partial charge in [-0.2, -0.15) is 0 Å². The van der Waals surface area contributed by atoms with Crippen LogP contribution in [-0.4, -0.2) is 28.1 Å². The van der Waals surface area contributed by atoms with Crippen LogP contribution >= 0.6 is 0 Å². The van der Waals surface area contributed by atoms with Gasteiger partial charge in [0.2, 0.25) is 5.91 Å². The van der Waals surface area contributed by atoms with Crippen LogP contribution in [0.15, 0.2) is 30.3 Å². The molecule has 0 spiro atoms. The first-order chi connectivity index (χ1) is 9.56. The lowest BCUT2D eigenvalue weighted by Gasteiger charge is -2.40. The molecule has 1 aromatic rings. The van der Waals surface area contributed by atoms with Gasteiger partial charge in [-0.25, -0.2) is 0 Å². The van der Waals surface area contributed by atoms with Crippen molar-refractivity contribution in [3.05, 3.63) is 46.0 Å². The number of aliphatic hydroxyl groups is 1. The molecule has 0 heterocycles. The van der Waals surface area contributed by atoms with E-state index in [1.54, 1.807) is 18.2 Å². The van der Waals surface area contributed by atoms with Crippen LogP contribution in [0.5, 0.6) is 0 Å². The third kappa shape index (κ3) is 3.03. The van der Waals surface area contributed by atoms with Gasteiger partial charge in [-0.15, -0.1) is 0 Å². The molecule has 1 saturated carbocycles. The number of rotatable bonds is 5. The van der Waals surface area contributed by atoms with E-state index in [2.05, 4.69) is 5.32 Å². The molecule has 2 rings (SSSR count). The van der Waals surface area contributed by atoms with Crippen LogP contribution in [0.1, 0.15) is 24.8 Å². The van der Waals surface area contributed by atoms with Crippen molar-refractivity contribution < 1.29 is 14.8 Å². The summed E-state index contributed by atoms with van der Waals surface area (Å²) in [5.74, 6) is -0.350. The molecule has 1 aliphatic carbocycles. The van der Waals surface area contributed by atoms with Gasteiger partial charge in [-0.3, -0.25) is 14.9 Å². The number of aliphatic hydroxyl groups excluding tert-OH is 1. The molecule has 0 aliphatic heterocycles. The van der Waals surface area contributed by atoms with Crippen molar-refractivity contribution in [1.29, 1.82) is 0 Å². The van der Waals surface area contributed by atoms with Gasteiger partial charge >= 0.3 is 0 Å². The van der Waals surface area contributed by atoms with E-state index >= 15 is 0 Å². The zero-order valence-corrected chi connectivity index (χ0v) is 10.9. The largest absolute Gasteiger partial charge is 0.394 e. The predicted molar refractivity (Wildman–Crippen MR) is 73.9 cm³/mol. The Morgan fingerprint density at radius 2 is 2.15 bits per heavy atom. The van der Waals surface area contributed by atoms with Crippen LogP contribution in [0.25, 0.3) is 6.08 Å². The van der Waals surface area contributed by atoms with E-state index in [0.717, 1.165) is 19.3 Å². The van der Waals surface area contributed by atoms with Crippen molar-refractivity contribution in [3.8, 4) is 0 Å². The molecule has 1 fully saturated rings. The van der Waals surface area contributed by atoms with Gasteiger partial charge in [-0.05, 0) is 31.4 Å². The number of amides is 1. The Balaban J connectivity index is 2.06. The fraction of sp³-hybridized carbons (Fsp3) is 0.357. The molecule has 1 amide bonds. The molecular weight excluding hydrogens is 260 g/mol. The summed E-state index contributed by atoms with van der Waals surface area (Å²) in [6.45, 7) is -0.0853. The van der Waals surface area contributed by atoms with Crippen LogP contribution in [0.4, 0.5) is 5.69 Å². The minimum Gasteiger partial charge on any atom is -0.394 e. The fourth-order valence-corrected chi connectivity index (χ4v) is 2.19. The van der Waals surface area contributed by atoms with Gasteiger partial charge in [0.25, 0.3) is 5.69 Å². The summed E-state index contributed by atoms with van der Waals surface area (Å²) < 4.78 is 0. The molecule has 0 saturated heterocycles. The number of para-hydroxylation sites is 1. The summed E-state index contributed by atoms with van der Waals surface area (Å²) in [5, 5.41) is 22.8. The summed E-state index contributed by atoms with van der Waals surface area (Å²) in [6.07, 6.45) is 5.17. The van der Waals surface area contributed by atoms with Crippen LogP contribution in [0, 0.1) is 10.1 Å². The van der Waals surface area contributed by atoms with Crippen molar-refractivity contribution in [1.82, 2.24) is 5.32 Å². The molecular formula is C14H16N2O4. The second kappa shape index (κ2) is 5.83. The molecule has 0 unspecified atom stereocenters. The van der Waals surface area contributed by atoms with Gasteiger partial charge in [-0.1, -0.05) is 12.1 Å². The highest BCUT2D eigenvalue weighted by Crippen LogP contribution is 2.31. The summed E-state index contributed by atoms with van der Waals surface area (Å²) >= 11 is 0. The topological polar surface area (TPSA) is 92.5 Å². The molecule has 0 radical (unpaired) electrons. The number of nitro groups is 1. The van der Waals surface area contributed by atoms with E-state index in [4.69, 9.17) is 0 Å². The number of hydrogen-bond donors (Lipinski definition) is 2. The zero-order valence-electron chi connectivity index (χ0n) is 10.9. The Morgan fingerprint density at radius 3 is 2.70 bits per heavy atom. The van der Waals surface area contributed by atoms with Crippen LogP contribution < -0.4 is 5.32 Å². The summed E-state index contributed by atoms with van der Waals surface area (Å²) in [7, 11) is 0. The normalized spacial score (nSPS) is 16.6. The molecule has 6 heteroatoms. The third-order valence-corrected chi connectivity index (χ3v) is 3.55. The zero-order chi connectivity index (χ0) is 14.6. The molecule has 0 atom stereocenters. The van der Waals surface area contributed by atoms with Gasteiger partial charge in [0.1, 0.15) is 0 Å². The first-order valence-electron chi connectivity index (χ1n) is 6.41. The SMILES string of the molecule is O=C(/C=C/c1ccccc1[N+](=O)[O-])NC1(CO)CCC1. The maximum Gasteiger partial charge on any atom is 0.276 e. The van der Waals surface area contributed by atoms with E-state index in [1.165, 1.54) is 18.2 Å². The minimum atomic E-state index is -0.510. The molecule has 106 valence electrons. The molecule has 1 aliphatic rings. The second-order valence-corrected chi connectivity index (χ2v) is 4.93. The van der Waals surface area contributed by atoms with Gasteiger partial charge in [0, 0.05) is 12.1 Å². The molecule has 6 nitrogen and oxygen atoms in total. The maximum atomic E-state index is 11.8. The smallest absolute Gasteiger partial charge is 0.276 e. The average Bonchev–Trinajstić information content (AvgIpc) is 2.41. The molecule has 20 heavy (non-hydrogen) atoms. The molecule has 1 aromatic carbocycles. The Labute approximate surface area is 116 Å². The van der Waals surface area contributed by atoms with E-state index in [1.807, 2.05) is 0 Å². The number of nitrogens with zero attached hydrogens (tertiary/aromatic N) is 1. The summed E-state index contributed by atoms with van der Waals surface area (Å²) in [4.78, 5) is 22.1. The third-order valence-electron chi connectivity index (χ3n) is 3.55. The Morgan fingerprint density at radius 1 is 1.45 bits per heavy atom. The standard InChI is InChI=1S/C14H16N2O4/c17-10-14(8-3-9-14)15-13(18)7-6-11-4-1-2-5-12(11)16(19)20/h1-2,4-7,17H,3,8-10H2,(H,15,18)/b7-6+. The minimum absolute atomic E-state index is 0.0444. The average molecular weight is 276 g/mol. The maximum absolute atomic E-state index is 11.8. The number of hydrogen-bond acceptors (Lipinski definition) is 4. The summed E-state index contributed by atoms with van der Waals surface area (Å²) in [5.41, 5.74) is -0.180. The van der Waals surface area contributed by atoms with Crippen molar-refractivity contribution in [2.45, 2.75) is 24.8 Å². The van der Waals surface area contributed by atoms with Crippen molar-refractivity contribution in [3.63, 3.8) is 0 Å².